The molecule has 2 N–H and O–H groups in total. The average molecular weight is 291 g/mol. The van der Waals surface area contributed by atoms with E-state index in [-0.39, 0.29) is 5.75 Å². The summed E-state index contributed by atoms with van der Waals surface area (Å²) in [4.78, 5) is 13.9. The predicted octanol–water partition coefficient (Wildman–Crippen LogP) is 3.42. The Kier molecular flexibility index (Phi) is 4.88. The molecule has 0 radical (unpaired) electrons. The highest BCUT2D eigenvalue weighted by atomic mass is 16.4. The van der Waals surface area contributed by atoms with Crippen LogP contribution < -0.4 is 0 Å². The van der Waals surface area contributed by atoms with Crippen LogP contribution in [0.25, 0.3) is 0 Å². The molecule has 1 heterocycles. The average Bonchev–Trinajstić information content (AvgIpc) is 2.50. The van der Waals surface area contributed by atoms with E-state index in [1.807, 2.05) is 19.1 Å². The summed E-state index contributed by atoms with van der Waals surface area (Å²) in [5.41, 5.74) is 0.652. The second kappa shape index (κ2) is 6.48. The largest absolute Gasteiger partial charge is 0.508 e. The normalized spacial score (nSPS) is 20.1. The number of nitrogens with zero attached hydrogens (tertiary/aromatic N) is 1. The predicted molar refractivity (Wildman–Crippen MR) is 82.3 cm³/mol. The molecule has 116 valence electrons. The van der Waals surface area contributed by atoms with Crippen molar-refractivity contribution in [2.45, 2.75) is 45.6 Å². The van der Waals surface area contributed by atoms with Crippen LogP contribution >= 0.6 is 0 Å². The molecular weight excluding hydrogens is 266 g/mol. The number of phenols is 1. The van der Waals surface area contributed by atoms with Crippen LogP contribution in [0.5, 0.6) is 5.75 Å². The molecule has 1 atom stereocenters. The summed E-state index contributed by atoms with van der Waals surface area (Å²) in [6, 6.07) is 7.66. The zero-order valence-electron chi connectivity index (χ0n) is 12.9. The summed E-state index contributed by atoms with van der Waals surface area (Å²) in [7, 11) is 0. The van der Waals surface area contributed by atoms with E-state index in [1.165, 1.54) is 5.56 Å². The zero-order chi connectivity index (χ0) is 15.5. The number of aliphatic carboxylic acids is 1. The Balaban J connectivity index is 2.09. The van der Waals surface area contributed by atoms with Gasteiger partial charge in [-0.05, 0) is 56.5 Å². The standard InChI is InChI=1S/C17H25NO3/c1-3-15(13-5-7-14(19)8-6-13)18-11-9-17(4-2,10-12-18)16(20)21/h5-8,15,19H,3-4,9-12H2,1-2H3,(H,20,21). The molecule has 1 aromatic carbocycles. The van der Waals surface area contributed by atoms with Crippen LogP contribution in [0.15, 0.2) is 24.3 Å². The molecule has 0 aromatic heterocycles. The molecule has 0 spiro atoms. The number of phenolic OH excluding ortho intramolecular Hbond substituents is 1. The summed E-state index contributed by atoms with van der Waals surface area (Å²) in [6.45, 7) is 5.76. The number of hydrogen-bond donors (Lipinski definition) is 2. The van der Waals surface area contributed by atoms with Gasteiger partial charge in [0.05, 0.1) is 5.41 Å². The number of likely N-dealkylation sites (tertiary alicyclic amines) is 1. The fraction of sp³-hybridized carbons (Fsp3) is 0.588. The molecule has 0 bridgehead atoms. The van der Waals surface area contributed by atoms with Crippen LogP contribution in [0.3, 0.4) is 0 Å². The Morgan fingerprint density at radius 2 is 1.81 bits per heavy atom. The van der Waals surface area contributed by atoms with Gasteiger partial charge in [-0.3, -0.25) is 9.69 Å². The third-order valence-corrected chi connectivity index (χ3v) is 4.99. The van der Waals surface area contributed by atoms with Crippen LogP contribution in [0, 0.1) is 5.41 Å². The Morgan fingerprint density at radius 1 is 1.24 bits per heavy atom. The fourth-order valence-corrected chi connectivity index (χ4v) is 3.38. The van der Waals surface area contributed by atoms with Gasteiger partial charge in [0.1, 0.15) is 5.75 Å². The Labute approximate surface area is 126 Å². The van der Waals surface area contributed by atoms with Crippen LogP contribution in [-0.2, 0) is 4.79 Å². The smallest absolute Gasteiger partial charge is 0.309 e. The van der Waals surface area contributed by atoms with Gasteiger partial charge in [0.15, 0.2) is 0 Å². The lowest BCUT2D eigenvalue weighted by atomic mass is 9.75. The maximum atomic E-state index is 11.5. The van der Waals surface area contributed by atoms with Crippen molar-refractivity contribution >= 4 is 5.97 Å². The first-order valence-corrected chi connectivity index (χ1v) is 7.79. The monoisotopic (exact) mass is 291 g/mol. The van der Waals surface area contributed by atoms with Crippen molar-refractivity contribution < 1.29 is 15.0 Å². The van der Waals surface area contributed by atoms with Crippen molar-refractivity contribution in [3.05, 3.63) is 29.8 Å². The van der Waals surface area contributed by atoms with Gasteiger partial charge in [-0.1, -0.05) is 26.0 Å². The fourth-order valence-electron chi connectivity index (χ4n) is 3.38. The van der Waals surface area contributed by atoms with Crippen molar-refractivity contribution in [2.24, 2.45) is 5.41 Å². The second-order valence-electron chi connectivity index (χ2n) is 5.99. The second-order valence-corrected chi connectivity index (χ2v) is 5.99. The van der Waals surface area contributed by atoms with Gasteiger partial charge in [-0.15, -0.1) is 0 Å². The number of piperidine rings is 1. The summed E-state index contributed by atoms with van der Waals surface area (Å²) in [5.74, 6) is -0.370. The molecule has 0 saturated carbocycles. The molecule has 4 heteroatoms. The number of carbonyl (C=O) groups is 1. The molecular formula is C17H25NO3. The summed E-state index contributed by atoms with van der Waals surface area (Å²) in [5, 5.41) is 18.9. The van der Waals surface area contributed by atoms with Gasteiger partial charge in [-0.25, -0.2) is 0 Å². The zero-order valence-corrected chi connectivity index (χ0v) is 12.9. The third kappa shape index (κ3) is 3.21. The Bertz CT molecular complexity index is 475. The minimum absolute atomic E-state index is 0.281. The van der Waals surface area contributed by atoms with Crippen LogP contribution in [-0.4, -0.2) is 34.2 Å². The van der Waals surface area contributed by atoms with Crippen LogP contribution in [0.1, 0.15) is 51.1 Å². The topological polar surface area (TPSA) is 60.8 Å². The molecule has 1 saturated heterocycles. The SMILES string of the molecule is CCC(c1ccc(O)cc1)N1CCC(CC)(C(=O)O)CC1. The number of carboxylic acid groups (broad SMARTS) is 1. The maximum Gasteiger partial charge on any atom is 0.309 e. The lowest BCUT2D eigenvalue weighted by Crippen LogP contribution is -2.45. The van der Waals surface area contributed by atoms with E-state index in [2.05, 4.69) is 11.8 Å². The van der Waals surface area contributed by atoms with Crippen LogP contribution in [0.2, 0.25) is 0 Å². The molecule has 1 aromatic rings. The van der Waals surface area contributed by atoms with E-state index in [1.54, 1.807) is 12.1 Å². The quantitative estimate of drug-likeness (QED) is 0.872. The van der Waals surface area contributed by atoms with Gasteiger partial charge in [0.25, 0.3) is 0 Å². The molecule has 0 aliphatic carbocycles. The summed E-state index contributed by atoms with van der Waals surface area (Å²) >= 11 is 0. The highest BCUT2D eigenvalue weighted by Crippen LogP contribution is 2.38. The number of aromatic hydroxyl groups is 1. The van der Waals surface area contributed by atoms with E-state index in [9.17, 15) is 15.0 Å². The third-order valence-electron chi connectivity index (χ3n) is 4.99. The van der Waals surface area contributed by atoms with Gasteiger partial charge in [0, 0.05) is 6.04 Å². The number of carboxylic acids is 1. The van der Waals surface area contributed by atoms with Gasteiger partial charge < -0.3 is 10.2 Å². The van der Waals surface area contributed by atoms with E-state index >= 15 is 0 Å². The molecule has 1 unspecified atom stereocenters. The highest BCUT2D eigenvalue weighted by molar-refractivity contribution is 5.74. The number of hydrogen-bond acceptors (Lipinski definition) is 3. The molecule has 1 aliphatic rings. The Morgan fingerprint density at radius 3 is 2.24 bits per heavy atom. The van der Waals surface area contributed by atoms with E-state index in [0.717, 1.165) is 19.5 Å². The minimum atomic E-state index is -0.651. The van der Waals surface area contributed by atoms with Crippen molar-refractivity contribution in [1.29, 1.82) is 0 Å². The highest BCUT2D eigenvalue weighted by Gasteiger charge is 2.40. The molecule has 1 fully saturated rings. The molecule has 2 rings (SSSR count). The number of rotatable bonds is 5. The molecule has 1 aliphatic heterocycles. The first-order valence-electron chi connectivity index (χ1n) is 7.79. The van der Waals surface area contributed by atoms with Crippen molar-refractivity contribution in [3.8, 4) is 5.75 Å². The summed E-state index contributed by atoms with van der Waals surface area (Å²) in [6.07, 6.45) is 3.12. The van der Waals surface area contributed by atoms with E-state index in [4.69, 9.17) is 0 Å². The van der Waals surface area contributed by atoms with Crippen molar-refractivity contribution in [3.63, 3.8) is 0 Å². The number of benzene rings is 1. The Hall–Kier alpha value is -1.55. The van der Waals surface area contributed by atoms with Crippen LogP contribution in [0.4, 0.5) is 0 Å². The first-order chi connectivity index (χ1) is 10.0. The van der Waals surface area contributed by atoms with E-state index in [0.29, 0.717) is 25.3 Å². The van der Waals surface area contributed by atoms with Gasteiger partial charge in [0.2, 0.25) is 0 Å². The van der Waals surface area contributed by atoms with Crippen molar-refractivity contribution in [1.82, 2.24) is 4.90 Å². The maximum absolute atomic E-state index is 11.5. The first kappa shape index (κ1) is 15.8. The van der Waals surface area contributed by atoms with Gasteiger partial charge >= 0.3 is 5.97 Å². The molecule has 0 amide bonds. The lowest BCUT2D eigenvalue weighted by Gasteiger charge is -2.42. The molecule has 4 nitrogen and oxygen atoms in total. The van der Waals surface area contributed by atoms with Crippen molar-refractivity contribution in [2.75, 3.05) is 13.1 Å². The minimum Gasteiger partial charge on any atom is -0.508 e. The van der Waals surface area contributed by atoms with E-state index < -0.39 is 11.4 Å². The lowest BCUT2D eigenvalue weighted by molar-refractivity contribution is -0.152. The molecule has 21 heavy (non-hydrogen) atoms. The van der Waals surface area contributed by atoms with Gasteiger partial charge in [-0.2, -0.15) is 0 Å². The summed E-state index contributed by atoms with van der Waals surface area (Å²) < 4.78 is 0.